The van der Waals surface area contributed by atoms with Crippen LogP contribution in [0.25, 0.3) is 0 Å². The van der Waals surface area contributed by atoms with Gasteiger partial charge in [0.1, 0.15) is 4.75 Å². The number of carbonyl (C=O) groups is 1. The van der Waals surface area contributed by atoms with Gasteiger partial charge in [-0.15, -0.1) is 11.8 Å². The molecule has 1 aliphatic heterocycles. The van der Waals surface area contributed by atoms with E-state index in [1.807, 2.05) is 6.92 Å². The van der Waals surface area contributed by atoms with Crippen LogP contribution >= 0.6 is 11.8 Å². The van der Waals surface area contributed by atoms with Crippen LogP contribution in [0.1, 0.15) is 33.1 Å². The van der Waals surface area contributed by atoms with Crippen LogP contribution in [0.3, 0.4) is 0 Å². The van der Waals surface area contributed by atoms with Gasteiger partial charge in [0.05, 0.1) is 6.61 Å². The highest BCUT2D eigenvalue weighted by molar-refractivity contribution is 8.08. The third-order valence-electron chi connectivity index (χ3n) is 2.48. The molecule has 1 amide bonds. The fourth-order valence-electron chi connectivity index (χ4n) is 1.22. The number of rotatable bonds is 8. The maximum atomic E-state index is 11.5. The number of amides is 1. The average molecular weight is 231 g/mol. The van der Waals surface area contributed by atoms with Gasteiger partial charge in [0.2, 0.25) is 5.91 Å². The summed E-state index contributed by atoms with van der Waals surface area (Å²) in [6, 6.07) is 0. The van der Waals surface area contributed by atoms with Crippen molar-refractivity contribution in [3.8, 4) is 0 Å². The average Bonchev–Trinajstić information content (AvgIpc) is 2.96. The van der Waals surface area contributed by atoms with Crippen molar-refractivity contribution < 1.29 is 9.53 Å². The lowest BCUT2D eigenvalue weighted by Crippen LogP contribution is -2.36. The lowest BCUT2D eigenvalue weighted by atomic mass is 10.2. The molecular weight excluding hydrogens is 210 g/mol. The molecule has 3 nitrogen and oxygen atoms in total. The number of ether oxygens (including phenoxy) is 1. The van der Waals surface area contributed by atoms with Gasteiger partial charge in [-0.25, -0.2) is 0 Å². The van der Waals surface area contributed by atoms with Crippen LogP contribution in [0, 0.1) is 0 Å². The Kier molecular flexibility index (Phi) is 5.47. The topological polar surface area (TPSA) is 38.3 Å². The van der Waals surface area contributed by atoms with Crippen molar-refractivity contribution >= 4 is 17.7 Å². The van der Waals surface area contributed by atoms with Gasteiger partial charge in [-0.1, -0.05) is 19.8 Å². The van der Waals surface area contributed by atoms with E-state index in [9.17, 15) is 4.79 Å². The normalized spacial score (nSPS) is 23.9. The van der Waals surface area contributed by atoms with Gasteiger partial charge in [0.25, 0.3) is 0 Å². The van der Waals surface area contributed by atoms with Crippen molar-refractivity contribution in [2.45, 2.75) is 37.9 Å². The minimum absolute atomic E-state index is 0.137. The van der Waals surface area contributed by atoms with E-state index in [2.05, 4.69) is 12.2 Å². The first-order valence-electron chi connectivity index (χ1n) is 5.69. The van der Waals surface area contributed by atoms with E-state index in [0.717, 1.165) is 18.8 Å². The zero-order valence-electron chi connectivity index (χ0n) is 9.67. The van der Waals surface area contributed by atoms with Gasteiger partial charge < -0.3 is 10.1 Å². The van der Waals surface area contributed by atoms with E-state index in [1.165, 1.54) is 12.8 Å². The Hall–Kier alpha value is -0.220. The quantitative estimate of drug-likeness (QED) is 0.511. The smallest absolute Gasteiger partial charge is 0.236 e. The molecule has 1 rings (SSSR count). The second-order valence-electron chi connectivity index (χ2n) is 4.09. The molecule has 1 aliphatic rings. The zero-order chi connectivity index (χ0) is 11.1. The molecule has 1 fully saturated rings. The summed E-state index contributed by atoms with van der Waals surface area (Å²) in [5, 5.41) is 2.89. The Morgan fingerprint density at radius 1 is 1.47 bits per heavy atom. The molecule has 15 heavy (non-hydrogen) atoms. The minimum atomic E-state index is -0.137. The van der Waals surface area contributed by atoms with Crippen molar-refractivity contribution in [1.29, 1.82) is 0 Å². The lowest BCUT2D eigenvalue weighted by Gasteiger charge is -2.08. The second kappa shape index (κ2) is 6.38. The summed E-state index contributed by atoms with van der Waals surface area (Å²) in [5.41, 5.74) is 0. The summed E-state index contributed by atoms with van der Waals surface area (Å²) in [6.45, 7) is 6.25. The van der Waals surface area contributed by atoms with Crippen molar-refractivity contribution in [3.63, 3.8) is 0 Å². The van der Waals surface area contributed by atoms with E-state index in [4.69, 9.17) is 4.74 Å². The molecule has 0 aromatic carbocycles. The molecule has 0 aromatic heterocycles. The van der Waals surface area contributed by atoms with Gasteiger partial charge in [0, 0.05) is 18.9 Å². The maximum absolute atomic E-state index is 11.5. The third-order valence-corrected chi connectivity index (χ3v) is 3.82. The van der Waals surface area contributed by atoms with E-state index in [0.29, 0.717) is 13.2 Å². The first-order valence-corrected chi connectivity index (χ1v) is 6.67. The predicted molar refractivity (Wildman–Crippen MR) is 64.2 cm³/mol. The largest absolute Gasteiger partial charge is 0.380 e. The molecule has 88 valence electrons. The first-order chi connectivity index (χ1) is 7.19. The summed E-state index contributed by atoms with van der Waals surface area (Å²) in [4.78, 5) is 11.5. The molecule has 4 heteroatoms. The molecular formula is C11H21NO2S. The Morgan fingerprint density at radius 2 is 2.20 bits per heavy atom. The highest BCUT2D eigenvalue weighted by Gasteiger charge is 2.46. The number of carbonyl (C=O) groups excluding carboxylic acids is 1. The van der Waals surface area contributed by atoms with Crippen LogP contribution in [-0.4, -0.2) is 36.2 Å². The molecule has 0 saturated carbocycles. The fourth-order valence-corrected chi connectivity index (χ4v) is 1.77. The molecule has 1 saturated heterocycles. The Bertz CT molecular complexity index is 205. The minimum Gasteiger partial charge on any atom is -0.380 e. The lowest BCUT2D eigenvalue weighted by molar-refractivity contribution is -0.122. The van der Waals surface area contributed by atoms with Crippen LogP contribution < -0.4 is 5.32 Å². The third kappa shape index (κ3) is 4.89. The summed E-state index contributed by atoms with van der Waals surface area (Å²) in [5.74, 6) is 1.11. The highest BCUT2D eigenvalue weighted by Crippen LogP contribution is 2.43. The first kappa shape index (κ1) is 12.8. The zero-order valence-corrected chi connectivity index (χ0v) is 10.5. The van der Waals surface area contributed by atoms with Gasteiger partial charge in [0.15, 0.2) is 0 Å². The second-order valence-corrected chi connectivity index (χ2v) is 5.57. The van der Waals surface area contributed by atoms with E-state index in [1.54, 1.807) is 11.8 Å². The van der Waals surface area contributed by atoms with Gasteiger partial charge in [-0.3, -0.25) is 4.79 Å². The summed E-state index contributed by atoms with van der Waals surface area (Å²) in [6.07, 6.45) is 3.56. The molecule has 0 bridgehead atoms. The van der Waals surface area contributed by atoms with Crippen LogP contribution in [0.5, 0.6) is 0 Å². The summed E-state index contributed by atoms with van der Waals surface area (Å²) >= 11 is 1.70. The molecule has 1 unspecified atom stereocenters. The van der Waals surface area contributed by atoms with Crippen LogP contribution in [0.15, 0.2) is 0 Å². The van der Waals surface area contributed by atoms with E-state index < -0.39 is 0 Å². The highest BCUT2D eigenvalue weighted by atomic mass is 32.2. The van der Waals surface area contributed by atoms with Gasteiger partial charge in [-0.2, -0.15) is 0 Å². The molecule has 0 aliphatic carbocycles. The van der Waals surface area contributed by atoms with Crippen molar-refractivity contribution in [3.05, 3.63) is 0 Å². The van der Waals surface area contributed by atoms with Crippen LogP contribution in [-0.2, 0) is 9.53 Å². The van der Waals surface area contributed by atoms with Crippen LogP contribution in [0.2, 0.25) is 0 Å². The van der Waals surface area contributed by atoms with E-state index >= 15 is 0 Å². The predicted octanol–water partition coefficient (Wildman–Crippen LogP) is 1.81. The Morgan fingerprint density at radius 3 is 2.80 bits per heavy atom. The van der Waals surface area contributed by atoms with Crippen LogP contribution in [0.4, 0.5) is 0 Å². The molecule has 1 atom stereocenters. The number of unbranched alkanes of at least 4 members (excludes halogenated alkanes) is 2. The summed E-state index contributed by atoms with van der Waals surface area (Å²) < 4.78 is 5.26. The number of hydrogen-bond acceptors (Lipinski definition) is 3. The van der Waals surface area contributed by atoms with Crippen molar-refractivity contribution in [2.75, 3.05) is 25.5 Å². The number of thioether (sulfide) groups is 1. The van der Waals surface area contributed by atoms with Gasteiger partial charge in [-0.05, 0) is 13.3 Å². The fraction of sp³-hybridized carbons (Fsp3) is 0.909. The number of hydrogen-bond donors (Lipinski definition) is 1. The molecule has 0 radical (unpaired) electrons. The Balaban J connectivity index is 1.86. The molecule has 1 N–H and O–H groups in total. The van der Waals surface area contributed by atoms with Crippen molar-refractivity contribution in [2.24, 2.45) is 0 Å². The van der Waals surface area contributed by atoms with Crippen molar-refractivity contribution in [1.82, 2.24) is 5.32 Å². The molecule has 0 aromatic rings. The summed E-state index contributed by atoms with van der Waals surface area (Å²) in [7, 11) is 0. The standard InChI is InChI=1S/C11H21NO2S/c1-3-4-5-7-14-8-6-12-10(13)11(2)9-15-11/h3-9H2,1-2H3,(H,12,13). The van der Waals surface area contributed by atoms with Gasteiger partial charge >= 0.3 is 0 Å². The molecule has 1 heterocycles. The maximum Gasteiger partial charge on any atom is 0.236 e. The number of nitrogens with one attached hydrogen (secondary N) is 1. The molecule has 0 spiro atoms. The van der Waals surface area contributed by atoms with E-state index in [-0.39, 0.29) is 10.7 Å². The monoisotopic (exact) mass is 231 g/mol. The Labute approximate surface area is 96.3 Å². The SMILES string of the molecule is CCCCCOCCNC(=O)C1(C)CS1.